The Balaban J connectivity index is 1.07. The largest absolute Gasteiger partial charge is 0.508 e. The van der Waals surface area contributed by atoms with E-state index in [2.05, 4.69) is 31.2 Å². The molecule has 0 spiro atoms. The highest BCUT2D eigenvalue weighted by Crippen LogP contribution is 2.63. The van der Waals surface area contributed by atoms with Crippen molar-refractivity contribution in [2.75, 3.05) is 26.8 Å². The molecule has 0 heterocycles. The molecule has 7 atom stereocenters. The van der Waals surface area contributed by atoms with Gasteiger partial charge in [-0.05, 0) is 102 Å². The minimum atomic E-state index is -0.986. The summed E-state index contributed by atoms with van der Waals surface area (Å²) in [5, 5.41) is 21.2. The molecular formula is C40H50FNO4. The van der Waals surface area contributed by atoms with Gasteiger partial charge in [-0.2, -0.15) is 0 Å². The standard InChI is InChI=1S/C40H50FNO4/c1-40-26-35(41)39-33-17-16-32(43)25-31(33)24-30(38(39)34(40)18-19-36(40)44)11-7-4-8-20-42(21-22-46-2)37(45)23-27-12-14-29(15-13-27)28-9-5-3-6-10-28/h3,5-6,9-10,12-17,25,30,34-36,38-39,43-44H,4,7-8,11,18-24,26H2,1-2H3/t30-,34?,35+,36+,38?,39?,40+/m1/s1. The number of aromatic hydroxyl groups is 1. The number of aliphatic hydroxyl groups excluding tert-OH is 1. The first-order chi connectivity index (χ1) is 22.3. The Kier molecular flexibility index (Phi) is 10.1. The third kappa shape index (κ3) is 6.75. The number of methoxy groups -OCH3 is 1. The van der Waals surface area contributed by atoms with Gasteiger partial charge >= 0.3 is 0 Å². The van der Waals surface area contributed by atoms with Crippen LogP contribution in [0.25, 0.3) is 11.1 Å². The second kappa shape index (κ2) is 14.3. The van der Waals surface area contributed by atoms with E-state index in [9.17, 15) is 15.0 Å². The highest BCUT2D eigenvalue weighted by atomic mass is 19.1. The maximum atomic E-state index is 16.1. The molecule has 3 unspecified atom stereocenters. The van der Waals surface area contributed by atoms with E-state index >= 15 is 4.39 Å². The van der Waals surface area contributed by atoms with Crippen LogP contribution in [0.4, 0.5) is 4.39 Å². The fourth-order valence-electron chi connectivity index (χ4n) is 9.21. The highest BCUT2D eigenvalue weighted by Gasteiger charge is 2.59. The van der Waals surface area contributed by atoms with Crippen molar-refractivity contribution in [2.24, 2.45) is 23.2 Å². The molecule has 3 aliphatic rings. The molecule has 3 aliphatic carbocycles. The number of halogens is 1. The van der Waals surface area contributed by atoms with E-state index in [1.807, 2.05) is 47.4 Å². The normalized spacial score (nSPS) is 28.3. The number of hydrogen-bond donors (Lipinski definition) is 2. The molecule has 3 aromatic rings. The molecule has 3 aromatic carbocycles. The van der Waals surface area contributed by atoms with E-state index in [0.717, 1.165) is 72.8 Å². The molecule has 0 saturated heterocycles. The van der Waals surface area contributed by atoms with Crippen LogP contribution in [0.1, 0.15) is 74.5 Å². The summed E-state index contributed by atoms with van der Waals surface area (Å²) in [6.45, 7) is 3.89. The van der Waals surface area contributed by atoms with E-state index in [4.69, 9.17) is 4.74 Å². The molecule has 2 N–H and O–H groups in total. The zero-order valence-electron chi connectivity index (χ0n) is 27.4. The zero-order chi connectivity index (χ0) is 32.3. The summed E-state index contributed by atoms with van der Waals surface area (Å²) in [6.07, 6.45) is 5.83. The molecule has 0 aliphatic heterocycles. The lowest BCUT2D eigenvalue weighted by Crippen LogP contribution is -2.51. The van der Waals surface area contributed by atoms with Gasteiger partial charge < -0.3 is 19.8 Å². The van der Waals surface area contributed by atoms with Crippen LogP contribution in [-0.2, 0) is 22.4 Å². The number of aliphatic hydroxyl groups is 1. The second-order valence-electron chi connectivity index (χ2n) is 14.3. The number of nitrogens with zero attached hydrogens (tertiary/aromatic N) is 1. The number of benzene rings is 3. The van der Waals surface area contributed by atoms with Crippen LogP contribution in [0.5, 0.6) is 5.75 Å². The second-order valence-corrected chi connectivity index (χ2v) is 14.3. The number of unbranched alkanes of at least 4 members (excludes halogenated alkanes) is 2. The first-order valence-corrected chi connectivity index (χ1v) is 17.3. The lowest BCUT2D eigenvalue weighted by atomic mass is 9.51. The summed E-state index contributed by atoms with van der Waals surface area (Å²) in [6, 6.07) is 24.0. The number of phenols is 1. The van der Waals surface area contributed by atoms with Gasteiger partial charge in [0.05, 0.1) is 19.1 Å². The van der Waals surface area contributed by atoms with Crippen molar-refractivity contribution < 1.29 is 24.1 Å². The molecule has 0 aromatic heterocycles. The number of ether oxygens (including phenoxy) is 1. The Morgan fingerprint density at radius 1 is 0.978 bits per heavy atom. The van der Waals surface area contributed by atoms with Crippen LogP contribution in [0.2, 0.25) is 0 Å². The molecule has 6 heteroatoms. The summed E-state index contributed by atoms with van der Waals surface area (Å²) in [5.41, 5.74) is 5.10. The minimum Gasteiger partial charge on any atom is -0.508 e. The minimum absolute atomic E-state index is 0.117. The van der Waals surface area contributed by atoms with Gasteiger partial charge in [0.15, 0.2) is 0 Å². The Morgan fingerprint density at radius 2 is 1.74 bits per heavy atom. The molecule has 0 radical (unpaired) electrons. The number of carbonyl (C=O) groups excluding carboxylic acids is 1. The molecule has 2 saturated carbocycles. The van der Waals surface area contributed by atoms with Crippen molar-refractivity contribution in [3.63, 3.8) is 0 Å². The van der Waals surface area contributed by atoms with Crippen molar-refractivity contribution in [3.05, 3.63) is 89.5 Å². The van der Waals surface area contributed by atoms with Gasteiger partial charge in [0.2, 0.25) is 5.91 Å². The van der Waals surface area contributed by atoms with Crippen molar-refractivity contribution in [2.45, 2.75) is 82.9 Å². The third-order valence-corrected chi connectivity index (χ3v) is 11.6. The van der Waals surface area contributed by atoms with Crippen molar-refractivity contribution >= 4 is 5.91 Å². The summed E-state index contributed by atoms with van der Waals surface area (Å²) >= 11 is 0. The SMILES string of the molecule is COCCN(CCCCC[C@@H]1Cc2cc(O)ccc2C2C1C1CC[C@H](O)[C@@]1(C)C[C@@H]2F)C(=O)Cc1ccc(-c2ccccc2)cc1. The smallest absolute Gasteiger partial charge is 0.227 e. The number of fused-ring (bicyclic) bond motifs is 5. The van der Waals surface area contributed by atoms with Gasteiger partial charge in [-0.15, -0.1) is 0 Å². The van der Waals surface area contributed by atoms with Gasteiger partial charge in [0.25, 0.3) is 0 Å². The Bertz CT molecular complexity index is 1460. The summed E-state index contributed by atoms with van der Waals surface area (Å²) in [4.78, 5) is 15.3. The number of rotatable bonds is 12. The highest BCUT2D eigenvalue weighted by molar-refractivity contribution is 5.79. The fourth-order valence-corrected chi connectivity index (χ4v) is 9.21. The van der Waals surface area contributed by atoms with E-state index in [1.165, 1.54) is 0 Å². The van der Waals surface area contributed by atoms with Crippen LogP contribution in [-0.4, -0.2) is 60.1 Å². The van der Waals surface area contributed by atoms with Crippen LogP contribution >= 0.6 is 0 Å². The maximum absolute atomic E-state index is 16.1. The Labute approximate surface area is 273 Å². The third-order valence-electron chi connectivity index (χ3n) is 11.6. The predicted molar refractivity (Wildman–Crippen MR) is 180 cm³/mol. The van der Waals surface area contributed by atoms with Crippen LogP contribution < -0.4 is 0 Å². The molecule has 5 nitrogen and oxygen atoms in total. The molecule has 246 valence electrons. The number of phenolic OH excluding ortho intramolecular Hbond substituents is 1. The molecular weight excluding hydrogens is 577 g/mol. The Morgan fingerprint density at radius 3 is 2.50 bits per heavy atom. The van der Waals surface area contributed by atoms with Gasteiger partial charge in [-0.3, -0.25) is 4.79 Å². The number of hydrogen-bond acceptors (Lipinski definition) is 4. The Hall–Kier alpha value is -3.22. The number of carbonyl (C=O) groups is 1. The molecule has 0 bridgehead atoms. The average molecular weight is 628 g/mol. The van der Waals surface area contributed by atoms with Gasteiger partial charge in [-0.1, -0.05) is 80.4 Å². The summed E-state index contributed by atoms with van der Waals surface area (Å²) in [5.74, 6) is 1.04. The van der Waals surface area contributed by atoms with Crippen molar-refractivity contribution in [3.8, 4) is 16.9 Å². The molecule has 2 fully saturated rings. The fraction of sp³-hybridized carbons (Fsp3) is 0.525. The van der Waals surface area contributed by atoms with Gasteiger partial charge in [-0.25, -0.2) is 4.39 Å². The lowest BCUT2D eigenvalue weighted by molar-refractivity contribution is -0.131. The predicted octanol–water partition coefficient (Wildman–Crippen LogP) is 7.73. The van der Waals surface area contributed by atoms with E-state index in [0.29, 0.717) is 44.4 Å². The quantitative estimate of drug-likeness (QED) is 0.202. The van der Waals surface area contributed by atoms with E-state index < -0.39 is 12.3 Å². The lowest BCUT2D eigenvalue weighted by Gasteiger charge is -2.54. The van der Waals surface area contributed by atoms with E-state index in [-0.39, 0.29) is 28.9 Å². The van der Waals surface area contributed by atoms with Crippen LogP contribution in [0, 0.1) is 23.2 Å². The molecule has 6 rings (SSSR count). The maximum Gasteiger partial charge on any atom is 0.227 e. The molecule has 1 amide bonds. The topological polar surface area (TPSA) is 70.0 Å². The van der Waals surface area contributed by atoms with E-state index in [1.54, 1.807) is 13.2 Å². The first kappa shape index (κ1) is 32.7. The van der Waals surface area contributed by atoms with Crippen molar-refractivity contribution in [1.82, 2.24) is 4.90 Å². The molecule has 46 heavy (non-hydrogen) atoms. The summed E-state index contributed by atoms with van der Waals surface area (Å²) in [7, 11) is 1.67. The zero-order valence-corrected chi connectivity index (χ0v) is 27.4. The number of amides is 1. The summed E-state index contributed by atoms with van der Waals surface area (Å²) < 4.78 is 21.4. The first-order valence-electron chi connectivity index (χ1n) is 17.3. The van der Waals surface area contributed by atoms with Crippen LogP contribution in [0.15, 0.2) is 72.8 Å². The number of alkyl halides is 1. The van der Waals surface area contributed by atoms with Gasteiger partial charge in [0.1, 0.15) is 11.9 Å². The average Bonchev–Trinajstić information content (AvgIpc) is 3.35. The van der Waals surface area contributed by atoms with Crippen molar-refractivity contribution in [1.29, 1.82) is 0 Å². The van der Waals surface area contributed by atoms with Gasteiger partial charge in [0, 0.05) is 26.1 Å². The van der Waals surface area contributed by atoms with Crippen LogP contribution in [0.3, 0.4) is 0 Å². The monoisotopic (exact) mass is 627 g/mol.